The van der Waals surface area contributed by atoms with Gasteiger partial charge in [-0.05, 0) is 48.2 Å². The zero-order valence-corrected chi connectivity index (χ0v) is 17.4. The van der Waals surface area contributed by atoms with Crippen LogP contribution in [0.2, 0.25) is 0 Å². The third-order valence-corrected chi connectivity index (χ3v) is 7.60. The van der Waals surface area contributed by atoms with Gasteiger partial charge in [0.1, 0.15) is 0 Å². The van der Waals surface area contributed by atoms with Crippen LogP contribution in [0.15, 0.2) is 47.3 Å². The van der Waals surface area contributed by atoms with Crippen LogP contribution >= 0.6 is 23.1 Å². The maximum atomic E-state index is 13.3. The lowest BCUT2D eigenvalue weighted by Gasteiger charge is -2.42. The topological polar surface area (TPSA) is 42.3 Å². The Bertz CT molecular complexity index is 1080. The lowest BCUT2D eigenvalue weighted by atomic mass is 9.83. The van der Waals surface area contributed by atoms with Crippen LogP contribution in [0, 0.1) is 5.92 Å². The van der Waals surface area contributed by atoms with Crippen molar-refractivity contribution in [2.75, 3.05) is 25.1 Å². The van der Waals surface area contributed by atoms with Crippen molar-refractivity contribution in [3.8, 4) is 10.4 Å². The van der Waals surface area contributed by atoms with Gasteiger partial charge in [-0.15, -0.1) is 11.3 Å². The number of thioether (sulfide) groups is 1. The zero-order chi connectivity index (χ0) is 19.3. The molecule has 1 saturated heterocycles. The van der Waals surface area contributed by atoms with Gasteiger partial charge in [0.25, 0.3) is 5.56 Å². The minimum atomic E-state index is 0.114. The average molecular weight is 411 g/mol. The third-order valence-electron chi connectivity index (χ3n) is 5.92. The fourth-order valence-corrected chi connectivity index (χ4v) is 6.18. The summed E-state index contributed by atoms with van der Waals surface area (Å²) in [5.41, 5.74) is 2.00. The van der Waals surface area contributed by atoms with E-state index in [0.29, 0.717) is 18.2 Å². The normalized spacial score (nSPS) is 21.0. The Labute approximate surface area is 172 Å². The highest BCUT2D eigenvalue weighted by atomic mass is 32.2. The minimum absolute atomic E-state index is 0.114. The molecule has 0 saturated carbocycles. The van der Waals surface area contributed by atoms with Crippen LogP contribution in [0.3, 0.4) is 0 Å². The summed E-state index contributed by atoms with van der Waals surface area (Å²) in [7, 11) is 0. The summed E-state index contributed by atoms with van der Waals surface area (Å²) in [6.45, 7) is 2.22. The second kappa shape index (κ2) is 7.08. The summed E-state index contributed by atoms with van der Waals surface area (Å²) in [5, 5.41) is 1.18. The van der Waals surface area contributed by atoms with Crippen LogP contribution in [0.4, 0.5) is 0 Å². The van der Waals surface area contributed by atoms with Gasteiger partial charge in [0.05, 0.1) is 11.3 Å². The van der Waals surface area contributed by atoms with Crippen molar-refractivity contribution in [3.05, 3.63) is 58.5 Å². The fourth-order valence-electron chi connectivity index (χ4n) is 4.67. The van der Waals surface area contributed by atoms with Crippen LogP contribution in [0.1, 0.15) is 18.0 Å². The van der Waals surface area contributed by atoms with Crippen molar-refractivity contribution in [1.82, 2.24) is 9.47 Å². The number of carbonyl (C=O) groups excluding carboxylic acids is 1. The quantitative estimate of drug-likeness (QED) is 0.654. The van der Waals surface area contributed by atoms with Gasteiger partial charge in [-0.3, -0.25) is 9.59 Å². The lowest BCUT2D eigenvalue weighted by molar-refractivity contribution is -0.131. The smallest absolute Gasteiger partial charge is 0.259 e. The summed E-state index contributed by atoms with van der Waals surface area (Å²) in [5.74, 6) is 1.40. The summed E-state index contributed by atoms with van der Waals surface area (Å²) in [6, 6.07) is 14.5. The molecule has 6 heteroatoms. The molecule has 144 valence electrons. The number of hydrogen-bond donors (Lipinski definition) is 0. The number of rotatable bonds is 3. The molecular weight excluding hydrogens is 388 g/mol. The molecule has 1 fully saturated rings. The van der Waals surface area contributed by atoms with E-state index in [1.165, 1.54) is 10.1 Å². The summed E-state index contributed by atoms with van der Waals surface area (Å²) in [6.07, 6.45) is 3.04. The van der Waals surface area contributed by atoms with E-state index in [-0.39, 0.29) is 17.4 Å². The first kappa shape index (κ1) is 18.0. The monoisotopic (exact) mass is 410 g/mol. The first-order valence-electron chi connectivity index (χ1n) is 9.63. The van der Waals surface area contributed by atoms with E-state index in [0.717, 1.165) is 35.6 Å². The molecule has 0 radical (unpaired) electrons. The van der Waals surface area contributed by atoms with Crippen LogP contribution in [-0.4, -0.2) is 40.5 Å². The molecule has 4 nitrogen and oxygen atoms in total. The predicted molar refractivity (Wildman–Crippen MR) is 117 cm³/mol. The Balaban J connectivity index is 1.51. The molecule has 2 atom stereocenters. The maximum absolute atomic E-state index is 13.3. The Hall–Kier alpha value is -2.05. The van der Waals surface area contributed by atoms with E-state index in [1.54, 1.807) is 23.1 Å². The summed E-state index contributed by atoms with van der Waals surface area (Å²) < 4.78 is 3.19. The zero-order valence-electron chi connectivity index (χ0n) is 15.8. The number of nitrogens with zero attached hydrogens (tertiary/aromatic N) is 2. The van der Waals surface area contributed by atoms with Crippen molar-refractivity contribution in [3.63, 3.8) is 0 Å². The van der Waals surface area contributed by atoms with Gasteiger partial charge in [-0.25, -0.2) is 0 Å². The Morgan fingerprint density at radius 2 is 2.04 bits per heavy atom. The second-order valence-electron chi connectivity index (χ2n) is 7.77. The number of thiophene rings is 1. The molecule has 0 spiro atoms. The molecule has 1 amide bonds. The maximum Gasteiger partial charge on any atom is 0.259 e. The average Bonchev–Trinajstić information content (AvgIpc) is 3.12. The number of fused-ring (bicyclic) bond motifs is 5. The fraction of sp³-hybridized carbons (Fsp3) is 0.364. The van der Waals surface area contributed by atoms with E-state index >= 15 is 0 Å². The number of benzene rings is 1. The van der Waals surface area contributed by atoms with Crippen LogP contribution in [-0.2, 0) is 11.3 Å². The lowest BCUT2D eigenvalue weighted by Crippen LogP contribution is -2.49. The molecule has 0 aliphatic carbocycles. The molecule has 2 aliphatic heterocycles. The Morgan fingerprint density at radius 1 is 1.18 bits per heavy atom. The molecule has 2 bridgehead atoms. The third kappa shape index (κ3) is 2.99. The van der Waals surface area contributed by atoms with Gasteiger partial charge in [0.15, 0.2) is 0 Å². The van der Waals surface area contributed by atoms with Gasteiger partial charge < -0.3 is 9.47 Å². The molecule has 2 aliphatic rings. The number of hydrogen-bond acceptors (Lipinski definition) is 4. The number of amides is 1. The summed E-state index contributed by atoms with van der Waals surface area (Å²) >= 11 is 3.25. The second-order valence-corrected chi connectivity index (χ2v) is 9.72. The predicted octanol–water partition coefficient (Wildman–Crippen LogP) is 4.04. The van der Waals surface area contributed by atoms with Gasteiger partial charge in [0.2, 0.25) is 5.91 Å². The molecule has 2 aromatic heterocycles. The molecule has 1 aromatic carbocycles. The molecule has 3 aromatic rings. The molecular formula is C22H22N2O2S2. The van der Waals surface area contributed by atoms with E-state index in [2.05, 4.69) is 24.3 Å². The highest BCUT2D eigenvalue weighted by Crippen LogP contribution is 2.37. The SMILES string of the molecule is CSCC(=O)N1C[C@H]2C[C@H](C1)c1ccc(-c3cc4ccccc4s3)c(=O)n1C2. The van der Waals surface area contributed by atoms with Crippen molar-refractivity contribution in [2.24, 2.45) is 5.92 Å². The molecule has 4 heterocycles. The standard InChI is InChI=1S/C22H22N2O2S2/c1-27-13-21(25)23-10-14-8-16(12-23)18-7-6-17(22(26)24(18)11-14)20-9-15-4-2-3-5-19(15)28-20/h2-7,9,14,16H,8,10-13H2,1H3/t14-,16-/m1/s1. The van der Waals surface area contributed by atoms with E-state index in [4.69, 9.17) is 0 Å². The van der Waals surface area contributed by atoms with Gasteiger partial charge in [-0.1, -0.05) is 18.2 Å². The van der Waals surface area contributed by atoms with Crippen molar-refractivity contribution in [1.29, 1.82) is 0 Å². The van der Waals surface area contributed by atoms with Crippen LogP contribution < -0.4 is 5.56 Å². The van der Waals surface area contributed by atoms with E-state index < -0.39 is 0 Å². The van der Waals surface area contributed by atoms with Crippen LogP contribution in [0.5, 0.6) is 0 Å². The van der Waals surface area contributed by atoms with Gasteiger partial charge >= 0.3 is 0 Å². The first-order valence-corrected chi connectivity index (χ1v) is 11.8. The number of pyridine rings is 1. The Kier molecular flexibility index (Phi) is 4.56. The van der Waals surface area contributed by atoms with Gasteiger partial charge in [-0.2, -0.15) is 11.8 Å². The van der Waals surface area contributed by atoms with Gasteiger partial charge in [0, 0.05) is 40.8 Å². The molecule has 0 unspecified atom stereocenters. The summed E-state index contributed by atoms with van der Waals surface area (Å²) in [4.78, 5) is 28.7. The molecule has 0 N–H and O–H groups in total. The number of likely N-dealkylation sites (tertiary alicyclic amines) is 1. The molecule has 28 heavy (non-hydrogen) atoms. The highest BCUT2D eigenvalue weighted by Gasteiger charge is 2.36. The minimum Gasteiger partial charge on any atom is -0.341 e. The number of carbonyl (C=O) groups is 1. The first-order chi connectivity index (χ1) is 13.6. The van der Waals surface area contributed by atoms with Crippen LogP contribution in [0.25, 0.3) is 20.5 Å². The van der Waals surface area contributed by atoms with E-state index in [9.17, 15) is 9.59 Å². The van der Waals surface area contributed by atoms with Crippen molar-refractivity contribution in [2.45, 2.75) is 18.9 Å². The molecule has 5 rings (SSSR count). The highest BCUT2D eigenvalue weighted by molar-refractivity contribution is 7.99. The van der Waals surface area contributed by atoms with Crippen molar-refractivity contribution >= 4 is 39.1 Å². The number of aromatic nitrogens is 1. The number of piperidine rings is 1. The van der Waals surface area contributed by atoms with E-state index in [1.807, 2.05) is 33.9 Å². The Morgan fingerprint density at radius 3 is 2.86 bits per heavy atom. The van der Waals surface area contributed by atoms with Crippen molar-refractivity contribution < 1.29 is 4.79 Å². The largest absolute Gasteiger partial charge is 0.341 e.